The largest absolute Gasteiger partial charge is 0.467 e. The fourth-order valence-electron chi connectivity index (χ4n) is 2.10. The van der Waals surface area contributed by atoms with Crippen molar-refractivity contribution in [3.63, 3.8) is 0 Å². The molecule has 0 radical (unpaired) electrons. The van der Waals surface area contributed by atoms with Crippen molar-refractivity contribution in [2.45, 2.75) is 51.5 Å². The van der Waals surface area contributed by atoms with Crippen LogP contribution in [-0.2, 0) is 42.9 Å². The topological polar surface area (TPSA) is 135 Å². The van der Waals surface area contributed by atoms with Gasteiger partial charge in [0, 0.05) is 20.8 Å². The minimum absolute atomic E-state index is 0.798. The standard InChI is InChI=1S/C13H18O10/c1-5(14)20-8-9(21-6(2)15)11(22-7(3)16)13(18)23-10(8)12(17)19-4/h8-11,13,18H,1-4H3/t8-,9-,10+,11+,13+/m1/s1. The van der Waals surface area contributed by atoms with Crippen LogP contribution in [0.4, 0.5) is 0 Å². The van der Waals surface area contributed by atoms with E-state index in [9.17, 15) is 24.3 Å². The molecule has 10 nitrogen and oxygen atoms in total. The van der Waals surface area contributed by atoms with Crippen LogP contribution in [0.3, 0.4) is 0 Å². The lowest BCUT2D eigenvalue weighted by Crippen LogP contribution is -2.63. The number of esters is 4. The molecule has 0 spiro atoms. The van der Waals surface area contributed by atoms with Crippen LogP contribution >= 0.6 is 0 Å². The monoisotopic (exact) mass is 334 g/mol. The molecule has 0 amide bonds. The molecule has 1 aliphatic rings. The summed E-state index contributed by atoms with van der Waals surface area (Å²) >= 11 is 0. The first kappa shape index (κ1) is 18.8. The summed E-state index contributed by atoms with van der Waals surface area (Å²) in [6.45, 7) is 3.18. The molecular formula is C13H18O10. The highest BCUT2D eigenvalue weighted by atomic mass is 16.7. The van der Waals surface area contributed by atoms with E-state index in [1.807, 2.05) is 0 Å². The van der Waals surface area contributed by atoms with Crippen molar-refractivity contribution in [1.29, 1.82) is 0 Å². The van der Waals surface area contributed by atoms with Crippen molar-refractivity contribution in [2.24, 2.45) is 0 Å². The number of aliphatic hydroxyl groups is 1. The number of methoxy groups -OCH3 is 1. The van der Waals surface area contributed by atoms with Gasteiger partial charge in [-0.3, -0.25) is 14.4 Å². The first-order valence-electron chi connectivity index (χ1n) is 6.60. The van der Waals surface area contributed by atoms with Crippen LogP contribution in [0.1, 0.15) is 20.8 Å². The van der Waals surface area contributed by atoms with Crippen LogP contribution in [0.2, 0.25) is 0 Å². The summed E-state index contributed by atoms with van der Waals surface area (Å²) in [5.74, 6) is -3.37. The zero-order valence-electron chi connectivity index (χ0n) is 13.0. The highest BCUT2D eigenvalue weighted by molar-refractivity contribution is 5.77. The Balaban J connectivity index is 3.21. The average Bonchev–Trinajstić information content (AvgIpc) is 2.43. The van der Waals surface area contributed by atoms with Crippen LogP contribution in [0.5, 0.6) is 0 Å². The Labute approximate surface area is 131 Å². The van der Waals surface area contributed by atoms with Crippen LogP contribution in [-0.4, -0.2) is 66.8 Å². The van der Waals surface area contributed by atoms with Gasteiger partial charge in [-0.05, 0) is 0 Å². The number of carbonyl (C=O) groups excluding carboxylic acids is 4. The third kappa shape index (κ3) is 4.89. The second kappa shape index (κ2) is 7.88. The van der Waals surface area contributed by atoms with Gasteiger partial charge in [0.2, 0.25) is 0 Å². The normalized spacial score (nSPS) is 30.0. The highest BCUT2D eigenvalue weighted by Crippen LogP contribution is 2.28. The van der Waals surface area contributed by atoms with Gasteiger partial charge in [-0.25, -0.2) is 4.79 Å². The highest BCUT2D eigenvalue weighted by Gasteiger charge is 2.54. The minimum atomic E-state index is -1.79. The Morgan fingerprint density at radius 1 is 0.826 bits per heavy atom. The Morgan fingerprint density at radius 3 is 1.70 bits per heavy atom. The smallest absolute Gasteiger partial charge is 0.339 e. The SMILES string of the molecule is COC(=O)[C@H]1O[C@H](O)[C@@H](OC(C)=O)[C@H](OC(C)=O)[C@H]1OC(C)=O. The molecule has 1 heterocycles. The van der Waals surface area contributed by atoms with Gasteiger partial charge in [0.25, 0.3) is 0 Å². The summed E-state index contributed by atoms with van der Waals surface area (Å²) in [5.41, 5.74) is 0. The lowest BCUT2D eigenvalue weighted by Gasteiger charge is -2.41. The molecule has 0 aliphatic carbocycles. The summed E-state index contributed by atoms with van der Waals surface area (Å²) in [7, 11) is 1.06. The molecule has 1 saturated heterocycles. The van der Waals surface area contributed by atoms with Crippen molar-refractivity contribution in [2.75, 3.05) is 7.11 Å². The number of rotatable bonds is 4. The fraction of sp³-hybridized carbons (Fsp3) is 0.692. The number of carbonyl (C=O) groups is 4. The molecule has 0 aromatic rings. The van der Waals surface area contributed by atoms with E-state index in [2.05, 4.69) is 4.74 Å². The minimum Gasteiger partial charge on any atom is -0.467 e. The van der Waals surface area contributed by atoms with Gasteiger partial charge < -0.3 is 28.8 Å². The molecule has 1 N–H and O–H groups in total. The zero-order chi connectivity index (χ0) is 17.7. The van der Waals surface area contributed by atoms with Crippen molar-refractivity contribution in [3.8, 4) is 0 Å². The molecule has 0 aromatic carbocycles. The van der Waals surface area contributed by atoms with Crippen LogP contribution < -0.4 is 0 Å². The quantitative estimate of drug-likeness (QED) is 0.486. The molecule has 23 heavy (non-hydrogen) atoms. The van der Waals surface area contributed by atoms with E-state index < -0.39 is 54.6 Å². The van der Waals surface area contributed by atoms with Crippen LogP contribution in [0, 0.1) is 0 Å². The summed E-state index contributed by atoms with van der Waals surface area (Å²) in [5, 5.41) is 9.93. The van der Waals surface area contributed by atoms with Crippen molar-refractivity contribution >= 4 is 23.9 Å². The second-order valence-electron chi connectivity index (χ2n) is 4.69. The lowest BCUT2D eigenvalue weighted by molar-refractivity contribution is -0.289. The van der Waals surface area contributed by atoms with Gasteiger partial charge in [-0.2, -0.15) is 0 Å². The van der Waals surface area contributed by atoms with E-state index >= 15 is 0 Å². The number of ether oxygens (including phenoxy) is 5. The number of hydrogen-bond donors (Lipinski definition) is 1. The molecule has 5 atom stereocenters. The van der Waals surface area contributed by atoms with Crippen molar-refractivity contribution < 1.29 is 48.0 Å². The van der Waals surface area contributed by atoms with Gasteiger partial charge in [0.05, 0.1) is 7.11 Å². The molecule has 1 aliphatic heterocycles. The maximum absolute atomic E-state index is 11.8. The van der Waals surface area contributed by atoms with Crippen molar-refractivity contribution in [3.05, 3.63) is 0 Å². The summed E-state index contributed by atoms with van der Waals surface area (Å²) in [6, 6.07) is 0. The maximum Gasteiger partial charge on any atom is 0.339 e. The first-order valence-corrected chi connectivity index (χ1v) is 6.60. The summed E-state index contributed by atoms with van der Waals surface area (Å²) in [6.07, 6.45) is -7.75. The van der Waals surface area contributed by atoms with E-state index in [0.717, 1.165) is 27.9 Å². The van der Waals surface area contributed by atoms with Gasteiger partial charge >= 0.3 is 23.9 Å². The predicted octanol–water partition coefficient (Wildman–Crippen LogP) is -1.33. The van der Waals surface area contributed by atoms with Crippen LogP contribution in [0.15, 0.2) is 0 Å². The fourth-order valence-corrected chi connectivity index (χ4v) is 2.10. The van der Waals surface area contributed by atoms with E-state index in [1.165, 1.54) is 0 Å². The summed E-state index contributed by atoms with van der Waals surface area (Å²) < 4.78 is 24.3. The molecule has 10 heteroatoms. The summed E-state index contributed by atoms with van der Waals surface area (Å²) in [4.78, 5) is 45.5. The molecule has 1 rings (SSSR count). The van der Waals surface area contributed by atoms with Gasteiger partial charge in [-0.15, -0.1) is 0 Å². The van der Waals surface area contributed by atoms with Gasteiger partial charge in [0.1, 0.15) is 0 Å². The maximum atomic E-state index is 11.8. The Hall–Kier alpha value is -2.20. The number of hydrogen-bond acceptors (Lipinski definition) is 10. The first-order chi connectivity index (χ1) is 10.7. The molecule has 0 saturated carbocycles. The van der Waals surface area contributed by atoms with Crippen molar-refractivity contribution in [1.82, 2.24) is 0 Å². The second-order valence-corrected chi connectivity index (χ2v) is 4.69. The van der Waals surface area contributed by atoms with Gasteiger partial charge in [0.15, 0.2) is 30.7 Å². The Bertz CT molecular complexity index is 487. The van der Waals surface area contributed by atoms with Gasteiger partial charge in [-0.1, -0.05) is 0 Å². The third-order valence-corrected chi connectivity index (χ3v) is 2.85. The molecule has 1 fully saturated rings. The molecule has 0 unspecified atom stereocenters. The predicted molar refractivity (Wildman–Crippen MR) is 69.6 cm³/mol. The lowest BCUT2D eigenvalue weighted by atomic mass is 9.98. The third-order valence-electron chi connectivity index (χ3n) is 2.85. The van der Waals surface area contributed by atoms with E-state index in [-0.39, 0.29) is 0 Å². The van der Waals surface area contributed by atoms with E-state index in [4.69, 9.17) is 18.9 Å². The van der Waals surface area contributed by atoms with E-state index in [1.54, 1.807) is 0 Å². The zero-order valence-corrected chi connectivity index (χ0v) is 13.0. The number of aliphatic hydroxyl groups excluding tert-OH is 1. The molecular weight excluding hydrogens is 316 g/mol. The molecule has 0 aromatic heterocycles. The van der Waals surface area contributed by atoms with Crippen LogP contribution in [0.25, 0.3) is 0 Å². The molecule has 0 bridgehead atoms. The average molecular weight is 334 g/mol. The molecule has 130 valence electrons. The Kier molecular flexibility index (Phi) is 6.46. The Morgan fingerprint density at radius 2 is 1.26 bits per heavy atom. The van der Waals surface area contributed by atoms with E-state index in [0.29, 0.717) is 0 Å².